The van der Waals surface area contributed by atoms with Crippen molar-refractivity contribution in [2.24, 2.45) is 5.92 Å². The molecule has 2 amide bonds. The van der Waals surface area contributed by atoms with Crippen LogP contribution in [-0.4, -0.2) is 35.6 Å². The zero-order valence-corrected chi connectivity index (χ0v) is 14.1. The predicted octanol–water partition coefficient (Wildman–Crippen LogP) is 3.55. The largest absolute Gasteiger partial charge is 0.444 e. The summed E-state index contributed by atoms with van der Waals surface area (Å²) in [7, 11) is 0. The van der Waals surface area contributed by atoms with Crippen molar-refractivity contribution in [2.45, 2.75) is 39.2 Å². The van der Waals surface area contributed by atoms with Crippen LogP contribution in [0.1, 0.15) is 33.6 Å². The first-order chi connectivity index (χ1) is 11.2. The topological polar surface area (TPSA) is 58.6 Å². The number of rotatable bonds is 2. The number of hydrogen-bond donors (Lipinski definition) is 1. The number of piperidine rings is 1. The van der Waals surface area contributed by atoms with E-state index in [0.29, 0.717) is 25.5 Å². The standard InChI is InChI=1S/C17H22F2N2O3/c1-17(2,3)24-16(23)21-8-4-5-11(10-21)15(22)20-14-7-6-12(18)9-13(14)19/h6-7,9,11H,4-5,8,10H2,1-3H3,(H,20,22). The highest BCUT2D eigenvalue weighted by molar-refractivity contribution is 5.93. The first-order valence-electron chi connectivity index (χ1n) is 7.89. The third-order valence-electron chi connectivity index (χ3n) is 3.63. The van der Waals surface area contributed by atoms with Gasteiger partial charge in [-0.15, -0.1) is 0 Å². The van der Waals surface area contributed by atoms with Crippen molar-refractivity contribution in [3.8, 4) is 0 Å². The number of benzene rings is 1. The highest BCUT2D eigenvalue weighted by Crippen LogP contribution is 2.22. The van der Waals surface area contributed by atoms with Gasteiger partial charge in [-0.3, -0.25) is 4.79 Å². The maximum Gasteiger partial charge on any atom is 0.410 e. The smallest absolute Gasteiger partial charge is 0.410 e. The summed E-state index contributed by atoms with van der Waals surface area (Å²) in [5, 5.41) is 2.46. The number of nitrogens with zero attached hydrogens (tertiary/aromatic N) is 1. The Bertz CT molecular complexity index is 629. The van der Waals surface area contributed by atoms with E-state index in [4.69, 9.17) is 4.74 Å². The average molecular weight is 340 g/mol. The molecule has 1 heterocycles. The van der Waals surface area contributed by atoms with E-state index in [1.54, 1.807) is 20.8 Å². The van der Waals surface area contributed by atoms with Crippen molar-refractivity contribution in [1.82, 2.24) is 4.90 Å². The molecule has 1 N–H and O–H groups in total. The minimum atomic E-state index is -0.830. The molecule has 1 atom stereocenters. The van der Waals surface area contributed by atoms with Crippen molar-refractivity contribution >= 4 is 17.7 Å². The molecule has 1 unspecified atom stereocenters. The van der Waals surface area contributed by atoms with Crippen LogP contribution in [0.3, 0.4) is 0 Å². The van der Waals surface area contributed by atoms with Crippen LogP contribution in [0.25, 0.3) is 0 Å². The summed E-state index contributed by atoms with van der Waals surface area (Å²) in [5.41, 5.74) is -0.681. The highest BCUT2D eigenvalue weighted by Gasteiger charge is 2.31. The second-order valence-electron chi connectivity index (χ2n) is 6.88. The monoisotopic (exact) mass is 340 g/mol. The molecule has 1 aromatic carbocycles. The van der Waals surface area contributed by atoms with Gasteiger partial charge in [0.1, 0.15) is 17.2 Å². The number of anilines is 1. The number of halogens is 2. The molecule has 1 saturated heterocycles. The molecule has 0 aliphatic carbocycles. The number of carbonyl (C=O) groups excluding carboxylic acids is 2. The van der Waals surface area contributed by atoms with Gasteiger partial charge in [0.15, 0.2) is 0 Å². The maximum absolute atomic E-state index is 13.6. The molecule has 0 bridgehead atoms. The molecule has 0 spiro atoms. The number of nitrogens with one attached hydrogen (secondary N) is 1. The van der Waals surface area contributed by atoms with Gasteiger partial charge >= 0.3 is 6.09 Å². The number of carbonyl (C=O) groups is 2. The number of hydrogen-bond acceptors (Lipinski definition) is 3. The molecule has 7 heteroatoms. The van der Waals surface area contributed by atoms with Gasteiger partial charge in [-0.25, -0.2) is 13.6 Å². The minimum Gasteiger partial charge on any atom is -0.444 e. The van der Waals surface area contributed by atoms with Gasteiger partial charge in [0.25, 0.3) is 0 Å². The summed E-state index contributed by atoms with van der Waals surface area (Å²) >= 11 is 0. The fourth-order valence-corrected chi connectivity index (χ4v) is 2.51. The Balaban J connectivity index is 1.98. The number of amides is 2. The van der Waals surface area contributed by atoms with Crippen molar-refractivity contribution in [1.29, 1.82) is 0 Å². The normalized spacial score (nSPS) is 18.2. The average Bonchev–Trinajstić information content (AvgIpc) is 2.48. The van der Waals surface area contributed by atoms with Crippen molar-refractivity contribution in [3.05, 3.63) is 29.8 Å². The van der Waals surface area contributed by atoms with Gasteiger partial charge in [-0.2, -0.15) is 0 Å². The number of ether oxygens (including phenoxy) is 1. The lowest BCUT2D eigenvalue weighted by Crippen LogP contribution is -2.45. The van der Waals surface area contributed by atoms with Gasteiger partial charge in [0.05, 0.1) is 11.6 Å². The molecule has 0 radical (unpaired) electrons. The van der Waals surface area contributed by atoms with Crippen LogP contribution in [0.5, 0.6) is 0 Å². The van der Waals surface area contributed by atoms with E-state index in [0.717, 1.165) is 6.07 Å². The molecule has 0 aromatic heterocycles. The summed E-state index contributed by atoms with van der Waals surface area (Å²) < 4.78 is 31.8. The number of likely N-dealkylation sites (tertiary alicyclic amines) is 1. The van der Waals surface area contributed by atoms with Gasteiger partial charge in [0.2, 0.25) is 5.91 Å². The highest BCUT2D eigenvalue weighted by atomic mass is 19.1. The van der Waals surface area contributed by atoms with Crippen LogP contribution in [0.15, 0.2) is 18.2 Å². The molecule has 1 fully saturated rings. The summed E-state index contributed by atoms with van der Waals surface area (Å²) in [6, 6.07) is 2.97. The van der Waals surface area contributed by atoms with E-state index < -0.39 is 35.2 Å². The Hall–Kier alpha value is -2.18. The van der Waals surface area contributed by atoms with Crippen LogP contribution in [0.4, 0.5) is 19.3 Å². The van der Waals surface area contributed by atoms with Gasteiger partial charge < -0.3 is 15.0 Å². The van der Waals surface area contributed by atoms with E-state index in [1.807, 2.05) is 0 Å². The Kier molecular flexibility index (Phi) is 5.41. The van der Waals surface area contributed by atoms with E-state index in [2.05, 4.69) is 5.32 Å². The lowest BCUT2D eigenvalue weighted by molar-refractivity contribution is -0.121. The SMILES string of the molecule is CC(C)(C)OC(=O)N1CCCC(C(=O)Nc2ccc(F)cc2F)C1. The summed E-state index contributed by atoms with van der Waals surface area (Å²) in [6.45, 7) is 6.05. The van der Waals surface area contributed by atoms with Crippen LogP contribution in [0.2, 0.25) is 0 Å². The molecular formula is C17H22F2N2O3. The van der Waals surface area contributed by atoms with Crippen molar-refractivity contribution < 1.29 is 23.1 Å². The molecule has 0 saturated carbocycles. The van der Waals surface area contributed by atoms with Gasteiger partial charge in [0, 0.05) is 19.2 Å². The Labute approximate surface area is 140 Å². The Morgan fingerprint density at radius 1 is 1.29 bits per heavy atom. The fourth-order valence-electron chi connectivity index (χ4n) is 2.51. The molecular weight excluding hydrogens is 318 g/mol. The van der Waals surface area contributed by atoms with E-state index >= 15 is 0 Å². The van der Waals surface area contributed by atoms with Gasteiger partial charge in [-0.1, -0.05) is 0 Å². The van der Waals surface area contributed by atoms with Gasteiger partial charge in [-0.05, 0) is 45.7 Å². The minimum absolute atomic E-state index is 0.0733. The molecule has 1 aromatic rings. The molecule has 5 nitrogen and oxygen atoms in total. The van der Waals surface area contributed by atoms with Crippen LogP contribution in [-0.2, 0) is 9.53 Å². The zero-order chi connectivity index (χ0) is 17.9. The molecule has 1 aliphatic heterocycles. The fraction of sp³-hybridized carbons (Fsp3) is 0.529. The quantitative estimate of drug-likeness (QED) is 0.896. The summed E-state index contributed by atoms with van der Waals surface area (Å²) in [4.78, 5) is 25.9. The lowest BCUT2D eigenvalue weighted by atomic mass is 9.97. The van der Waals surface area contributed by atoms with Crippen LogP contribution < -0.4 is 5.32 Å². The maximum atomic E-state index is 13.6. The summed E-state index contributed by atoms with van der Waals surface area (Å²) in [6.07, 6.45) is 0.782. The van der Waals surface area contributed by atoms with E-state index in [9.17, 15) is 18.4 Å². The second kappa shape index (κ2) is 7.15. The summed E-state index contributed by atoms with van der Waals surface area (Å²) in [5.74, 6) is -2.40. The molecule has 132 valence electrons. The zero-order valence-electron chi connectivity index (χ0n) is 14.1. The Morgan fingerprint density at radius 3 is 2.62 bits per heavy atom. The van der Waals surface area contributed by atoms with Crippen LogP contribution >= 0.6 is 0 Å². The third kappa shape index (κ3) is 4.91. The van der Waals surface area contributed by atoms with E-state index in [-0.39, 0.29) is 12.2 Å². The third-order valence-corrected chi connectivity index (χ3v) is 3.63. The Morgan fingerprint density at radius 2 is 2.00 bits per heavy atom. The first-order valence-corrected chi connectivity index (χ1v) is 7.89. The van der Waals surface area contributed by atoms with Crippen LogP contribution in [0, 0.1) is 17.6 Å². The van der Waals surface area contributed by atoms with Crippen molar-refractivity contribution in [3.63, 3.8) is 0 Å². The molecule has 24 heavy (non-hydrogen) atoms. The predicted molar refractivity (Wildman–Crippen MR) is 85.5 cm³/mol. The molecule has 2 rings (SSSR count). The first kappa shape index (κ1) is 18.2. The van der Waals surface area contributed by atoms with Crippen molar-refractivity contribution in [2.75, 3.05) is 18.4 Å². The van der Waals surface area contributed by atoms with E-state index in [1.165, 1.54) is 11.0 Å². The molecule has 1 aliphatic rings. The lowest BCUT2D eigenvalue weighted by Gasteiger charge is -2.33. The second-order valence-corrected chi connectivity index (χ2v) is 6.88.